The number of piperidine rings is 1. The summed E-state index contributed by atoms with van der Waals surface area (Å²) in [5.74, 6) is 1.38. The molecule has 0 aliphatic carbocycles. The number of carbonyl (C=O) groups is 1. The summed E-state index contributed by atoms with van der Waals surface area (Å²) in [6, 6.07) is 9.25. The number of nitrogens with one attached hydrogen (secondary N) is 1. The molecule has 1 amide bonds. The van der Waals surface area contributed by atoms with E-state index in [9.17, 15) is 9.59 Å². The van der Waals surface area contributed by atoms with Crippen LogP contribution in [-0.2, 0) is 6.42 Å². The number of nitrogens with zero attached hydrogens (tertiary/aromatic N) is 2. The first-order valence-electron chi connectivity index (χ1n) is 9.70. The molecule has 2 aromatic rings. The van der Waals surface area contributed by atoms with Crippen LogP contribution < -0.4 is 15.0 Å². The van der Waals surface area contributed by atoms with Gasteiger partial charge in [0.25, 0.3) is 11.5 Å². The molecule has 2 aliphatic rings. The number of likely N-dealkylation sites (tertiary alicyclic amines) is 1. The van der Waals surface area contributed by atoms with E-state index in [1.165, 1.54) is 6.07 Å². The number of benzene rings is 1. The smallest absolute Gasteiger partial charge is 0.266 e. The standard InChI is InChI=1S/C22H23N3O4/c1-14-17(9-16(11-23)20(26)24-14)21(27)25-7-3-6-22(2,12-25)10-15-4-5-18-19(8-15)29-13-28-18/h4-5,8-9H,3,6-7,10,12-13H2,1-2H3,(H,24,26). The highest BCUT2D eigenvalue weighted by atomic mass is 16.7. The van der Waals surface area contributed by atoms with Crippen molar-refractivity contribution >= 4 is 5.91 Å². The third kappa shape index (κ3) is 3.70. The van der Waals surface area contributed by atoms with Crippen molar-refractivity contribution < 1.29 is 14.3 Å². The molecule has 7 nitrogen and oxygen atoms in total. The molecule has 150 valence electrons. The predicted octanol–water partition coefficient (Wildman–Crippen LogP) is 2.77. The van der Waals surface area contributed by atoms with Gasteiger partial charge >= 0.3 is 0 Å². The molecule has 0 saturated carbocycles. The van der Waals surface area contributed by atoms with Crippen LogP contribution in [0.15, 0.2) is 29.1 Å². The normalized spacial score (nSPS) is 20.4. The second-order valence-electron chi connectivity index (χ2n) is 8.17. The summed E-state index contributed by atoms with van der Waals surface area (Å²) in [5.41, 5.74) is 1.44. The van der Waals surface area contributed by atoms with E-state index in [2.05, 4.69) is 11.9 Å². The molecule has 1 aromatic carbocycles. The van der Waals surface area contributed by atoms with Crippen LogP contribution in [-0.4, -0.2) is 35.7 Å². The van der Waals surface area contributed by atoms with Crippen LogP contribution in [0.1, 0.15) is 46.9 Å². The van der Waals surface area contributed by atoms with Gasteiger partial charge in [-0.3, -0.25) is 9.59 Å². The van der Waals surface area contributed by atoms with E-state index in [1.807, 2.05) is 29.2 Å². The molecule has 1 unspecified atom stereocenters. The van der Waals surface area contributed by atoms with Gasteiger partial charge in [-0.2, -0.15) is 5.26 Å². The van der Waals surface area contributed by atoms with Gasteiger partial charge in [0.15, 0.2) is 11.5 Å². The van der Waals surface area contributed by atoms with Crippen molar-refractivity contribution in [2.75, 3.05) is 19.9 Å². The van der Waals surface area contributed by atoms with Crippen LogP contribution in [0.5, 0.6) is 11.5 Å². The van der Waals surface area contributed by atoms with Gasteiger partial charge in [-0.25, -0.2) is 0 Å². The van der Waals surface area contributed by atoms with Crippen molar-refractivity contribution in [1.82, 2.24) is 9.88 Å². The minimum atomic E-state index is -0.465. The van der Waals surface area contributed by atoms with E-state index in [-0.39, 0.29) is 23.7 Å². The number of aryl methyl sites for hydroxylation is 1. The van der Waals surface area contributed by atoms with E-state index in [4.69, 9.17) is 14.7 Å². The van der Waals surface area contributed by atoms with E-state index >= 15 is 0 Å². The van der Waals surface area contributed by atoms with Gasteiger partial charge in [-0.05, 0) is 55.4 Å². The Morgan fingerprint density at radius 2 is 2.10 bits per heavy atom. The van der Waals surface area contributed by atoms with Gasteiger partial charge in [-0.1, -0.05) is 13.0 Å². The van der Waals surface area contributed by atoms with Gasteiger partial charge in [-0.15, -0.1) is 0 Å². The lowest BCUT2D eigenvalue weighted by Crippen LogP contribution is -2.46. The van der Waals surface area contributed by atoms with Gasteiger partial charge in [0.1, 0.15) is 11.6 Å². The molecule has 1 N–H and O–H groups in total. The SMILES string of the molecule is Cc1[nH]c(=O)c(C#N)cc1C(=O)N1CCCC(C)(Cc2ccc3c(c2)OCO3)C1. The van der Waals surface area contributed by atoms with Crippen molar-refractivity contribution in [1.29, 1.82) is 5.26 Å². The monoisotopic (exact) mass is 393 g/mol. The zero-order valence-corrected chi connectivity index (χ0v) is 16.6. The molecular formula is C22H23N3O4. The first-order valence-corrected chi connectivity index (χ1v) is 9.70. The molecule has 2 aliphatic heterocycles. The first kappa shape index (κ1) is 19.1. The maximum Gasteiger partial charge on any atom is 0.266 e. The number of amides is 1. The van der Waals surface area contributed by atoms with Crippen LogP contribution in [0.4, 0.5) is 0 Å². The molecule has 4 rings (SSSR count). The third-order valence-corrected chi connectivity index (χ3v) is 5.73. The summed E-state index contributed by atoms with van der Waals surface area (Å²) in [5, 5.41) is 9.13. The second kappa shape index (κ2) is 7.28. The van der Waals surface area contributed by atoms with Crippen LogP contribution in [0.25, 0.3) is 0 Å². The second-order valence-corrected chi connectivity index (χ2v) is 8.17. The fraction of sp³-hybridized carbons (Fsp3) is 0.409. The Morgan fingerprint density at radius 1 is 1.31 bits per heavy atom. The summed E-state index contributed by atoms with van der Waals surface area (Å²) in [4.78, 5) is 29.4. The fourth-order valence-electron chi connectivity index (χ4n) is 4.28. The van der Waals surface area contributed by atoms with E-state index in [0.29, 0.717) is 24.3 Å². The quantitative estimate of drug-likeness (QED) is 0.865. The summed E-state index contributed by atoms with van der Waals surface area (Å²) in [6.07, 6.45) is 2.74. The van der Waals surface area contributed by atoms with Crippen LogP contribution in [0.2, 0.25) is 0 Å². The highest BCUT2D eigenvalue weighted by molar-refractivity contribution is 5.95. The summed E-state index contributed by atoms with van der Waals surface area (Å²) in [6.45, 7) is 5.40. The Labute approximate surface area is 168 Å². The summed E-state index contributed by atoms with van der Waals surface area (Å²) >= 11 is 0. The van der Waals surface area contributed by atoms with Crippen LogP contribution in [0.3, 0.4) is 0 Å². The molecular weight excluding hydrogens is 370 g/mol. The Morgan fingerprint density at radius 3 is 2.90 bits per heavy atom. The van der Waals surface area contributed by atoms with Crippen molar-refractivity contribution in [3.8, 4) is 17.6 Å². The van der Waals surface area contributed by atoms with Gasteiger partial charge in [0, 0.05) is 18.8 Å². The third-order valence-electron chi connectivity index (χ3n) is 5.73. The van der Waals surface area contributed by atoms with Gasteiger partial charge < -0.3 is 19.4 Å². The summed E-state index contributed by atoms with van der Waals surface area (Å²) in [7, 11) is 0. The summed E-state index contributed by atoms with van der Waals surface area (Å²) < 4.78 is 10.9. The highest BCUT2D eigenvalue weighted by Gasteiger charge is 2.34. The molecule has 0 bridgehead atoms. The zero-order valence-electron chi connectivity index (χ0n) is 16.6. The van der Waals surface area contributed by atoms with E-state index in [1.54, 1.807) is 6.92 Å². The van der Waals surface area contributed by atoms with Crippen LogP contribution in [0, 0.1) is 23.7 Å². The Balaban J connectivity index is 1.54. The first-order chi connectivity index (χ1) is 13.9. The number of pyridine rings is 1. The Kier molecular flexibility index (Phi) is 4.79. The highest BCUT2D eigenvalue weighted by Crippen LogP contribution is 2.38. The molecule has 1 aromatic heterocycles. The molecule has 1 saturated heterocycles. The number of fused-ring (bicyclic) bond motifs is 1. The van der Waals surface area contributed by atoms with E-state index in [0.717, 1.165) is 36.3 Å². The van der Waals surface area contributed by atoms with Crippen molar-refractivity contribution in [3.63, 3.8) is 0 Å². The minimum absolute atomic E-state index is 0.0425. The molecule has 29 heavy (non-hydrogen) atoms. The number of ether oxygens (including phenoxy) is 2. The van der Waals surface area contributed by atoms with Crippen molar-refractivity contribution in [2.45, 2.75) is 33.1 Å². The predicted molar refractivity (Wildman–Crippen MR) is 106 cm³/mol. The number of hydrogen-bond acceptors (Lipinski definition) is 5. The average Bonchev–Trinajstić information content (AvgIpc) is 3.15. The minimum Gasteiger partial charge on any atom is -0.454 e. The van der Waals surface area contributed by atoms with Gasteiger partial charge in [0.2, 0.25) is 6.79 Å². The number of rotatable bonds is 3. The molecule has 1 fully saturated rings. The Hall–Kier alpha value is -3.27. The number of hydrogen-bond donors (Lipinski definition) is 1. The Bertz CT molecular complexity index is 1070. The van der Waals surface area contributed by atoms with Crippen LogP contribution >= 0.6 is 0 Å². The maximum atomic E-state index is 13.2. The average molecular weight is 393 g/mol. The molecule has 1 atom stereocenters. The number of carbonyl (C=O) groups excluding carboxylic acids is 1. The fourth-order valence-corrected chi connectivity index (χ4v) is 4.28. The number of aromatic nitrogens is 1. The maximum absolute atomic E-state index is 13.2. The molecule has 3 heterocycles. The topological polar surface area (TPSA) is 95.4 Å². The van der Waals surface area contributed by atoms with Crippen molar-refractivity contribution in [3.05, 3.63) is 57.0 Å². The molecule has 0 radical (unpaired) electrons. The largest absolute Gasteiger partial charge is 0.454 e. The number of H-pyrrole nitrogens is 1. The van der Waals surface area contributed by atoms with Gasteiger partial charge in [0.05, 0.1) is 5.56 Å². The molecule has 0 spiro atoms. The number of nitriles is 1. The lowest BCUT2D eigenvalue weighted by atomic mass is 9.76. The van der Waals surface area contributed by atoms with E-state index < -0.39 is 5.56 Å². The zero-order chi connectivity index (χ0) is 20.6. The molecule has 7 heteroatoms. The lowest BCUT2D eigenvalue weighted by Gasteiger charge is -2.41. The van der Waals surface area contributed by atoms with Crippen molar-refractivity contribution in [2.24, 2.45) is 5.41 Å². The lowest BCUT2D eigenvalue weighted by molar-refractivity contribution is 0.0549. The number of aromatic amines is 1.